The van der Waals surface area contributed by atoms with Gasteiger partial charge in [0.1, 0.15) is 0 Å². The van der Waals surface area contributed by atoms with Crippen LogP contribution in [0.4, 0.5) is 0 Å². The number of pyridine rings is 1. The minimum absolute atomic E-state index is 0. The van der Waals surface area contributed by atoms with E-state index in [4.69, 9.17) is 0 Å². The number of hydrogen-bond acceptors (Lipinski definition) is 3. The van der Waals surface area contributed by atoms with Crippen LogP contribution in [0.2, 0.25) is 0 Å². The van der Waals surface area contributed by atoms with Gasteiger partial charge in [-0.05, 0) is 49.6 Å². The van der Waals surface area contributed by atoms with E-state index in [9.17, 15) is 0 Å². The van der Waals surface area contributed by atoms with Crippen molar-refractivity contribution in [3.63, 3.8) is 0 Å². The lowest BCUT2D eigenvalue weighted by atomic mass is 10.00. The zero-order valence-electron chi connectivity index (χ0n) is 15.6. The monoisotopic (exact) mass is 464 g/mol. The lowest BCUT2D eigenvalue weighted by Crippen LogP contribution is -2.37. The van der Waals surface area contributed by atoms with Crippen LogP contribution in [0.15, 0.2) is 41.5 Å². The van der Waals surface area contributed by atoms with E-state index in [2.05, 4.69) is 58.7 Å². The molecule has 138 valence electrons. The summed E-state index contributed by atoms with van der Waals surface area (Å²) in [5.74, 6) is 1.59. The molecule has 0 spiro atoms. The third-order valence-electron chi connectivity index (χ3n) is 4.29. The number of aromatic nitrogens is 3. The van der Waals surface area contributed by atoms with E-state index in [0.29, 0.717) is 6.54 Å². The molecule has 2 heterocycles. The molecule has 0 unspecified atom stereocenters. The fourth-order valence-corrected chi connectivity index (χ4v) is 3.06. The predicted molar refractivity (Wildman–Crippen MR) is 116 cm³/mol. The Morgan fingerprint density at radius 2 is 1.73 bits per heavy atom. The summed E-state index contributed by atoms with van der Waals surface area (Å²) in [6.07, 6.45) is 1.96. The highest BCUT2D eigenvalue weighted by atomic mass is 127. The van der Waals surface area contributed by atoms with Gasteiger partial charge in [-0.25, -0.2) is 0 Å². The minimum atomic E-state index is 0. The molecule has 0 aliphatic heterocycles. The topological polar surface area (TPSA) is 66.6 Å². The third kappa shape index (κ3) is 4.51. The molecule has 0 aliphatic rings. The molecule has 0 atom stereocenters. The Labute approximate surface area is 171 Å². The first kappa shape index (κ1) is 20.2. The van der Waals surface area contributed by atoms with E-state index < -0.39 is 0 Å². The van der Waals surface area contributed by atoms with Gasteiger partial charge in [0.2, 0.25) is 0 Å². The Hall–Kier alpha value is -2.16. The second kappa shape index (κ2) is 8.98. The standard InChI is InChI=1S/C19H24N6.HI/c1-13-9-14(2)16(15(3)10-13)11-21-19(20-4)22-12-18-24-23-17-7-5-6-8-25(17)18;/h5-10H,11-12H2,1-4H3,(H2,20,21,22);1H. The van der Waals surface area contributed by atoms with Gasteiger partial charge in [-0.15, -0.1) is 34.2 Å². The number of benzene rings is 1. The SMILES string of the molecule is CN=C(NCc1c(C)cc(C)cc1C)NCc1nnc2ccccn12.I. The van der Waals surface area contributed by atoms with Gasteiger partial charge in [0.25, 0.3) is 0 Å². The Bertz CT molecular complexity index is 892. The fraction of sp³-hybridized carbons (Fsp3) is 0.316. The summed E-state index contributed by atoms with van der Waals surface area (Å²) in [4.78, 5) is 4.30. The number of nitrogens with one attached hydrogen (secondary N) is 2. The fourth-order valence-electron chi connectivity index (χ4n) is 3.06. The highest BCUT2D eigenvalue weighted by Crippen LogP contribution is 2.16. The maximum Gasteiger partial charge on any atom is 0.191 e. The van der Waals surface area contributed by atoms with Crippen LogP contribution in [-0.4, -0.2) is 27.6 Å². The van der Waals surface area contributed by atoms with Crippen LogP contribution in [-0.2, 0) is 13.1 Å². The molecule has 0 amide bonds. The van der Waals surface area contributed by atoms with E-state index in [1.807, 2.05) is 28.8 Å². The predicted octanol–water partition coefficient (Wildman–Crippen LogP) is 3.14. The zero-order valence-corrected chi connectivity index (χ0v) is 17.9. The van der Waals surface area contributed by atoms with Crippen molar-refractivity contribution in [1.29, 1.82) is 0 Å². The van der Waals surface area contributed by atoms with Gasteiger partial charge in [0.05, 0.1) is 6.54 Å². The van der Waals surface area contributed by atoms with E-state index >= 15 is 0 Å². The summed E-state index contributed by atoms with van der Waals surface area (Å²) >= 11 is 0. The Balaban J connectivity index is 0.00000243. The summed E-state index contributed by atoms with van der Waals surface area (Å²) in [7, 11) is 1.77. The zero-order chi connectivity index (χ0) is 17.8. The first-order valence-electron chi connectivity index (χ1n) is 8.38. The molecular weight excluding hydrogens is 439 g/mol. The molecule has 2 N–H and O–H groups in total. The summed E-state index contributed by atoms with van der Waals surface area (Å²) in [6.45, 7) is 7.71. The lowest BCUT2D eigenvalue weighted by Gasteiger charge is -2.15. The van der Waals surface area contributed by atoms with Crippen molar-refractivity contribution >= 4 is 35.6 Å². The third-order valence-corrected chi connectivity index (χ3v) is 4.29. The van der Waals surface area contributed by atoms with Gasteiger partial charge < -0.3 is 10.6 Å². The lowest BCUT2D eigenvalue weighted by molar-refractivity contribution is 0.760. The Morgan fingerprint density at radius 3 is 2.42 bits per heavy atom. The maximum atomic E-state index is 4.30. The first-order valence-corrected chi connectivity index (χ1v) is 8.38. The average Bonchev–Trinajstić information content (AvgIpc) is 3.00. The number of aryl methyl sites for hydroxylation is 3. The second-order valence-electron chi connectivity index (χ2n) is 6.20. The summed E-state index contributed by atoms with van der Waals surface area (Å²) in [5.41, 5.74) is 6.03. The molecule has 0 bridgehead atoms. The largest absolute Gasteiger partial charge is 0.352 e. The van der Waals surface area contributed by atoms with Gasteiger partial charge in [-0.1, -0.05) is 23.8 Å². The van der Waals surface area contributed by atoms with E-state index in [-0.39, 0.29) is 24.0 Å². The number of nitrogens with zero attached hydrogens (tertiary/aromatic N) is 4. The quantitative estimate of drug-likeness (QED) is 0.354. The van der Waals surface area contributed by atoms with Crippen LogP contribution < -0.4 is 10.6 Å². The second-order valence-corrected chi connectivity index (χ2v) is 6.20. The molecule has 2 aromatic heterocycles. The molecule has 0 radical (unpaired) electrons. The number of hydrogen-bond donors (Lipinski definition) is 2. The maximum absolute atomic E-state index is 4.30. The number of guanidine groups is 1. The molecule has 0 saturated carbocycles. The van der Waals surface area contributed by atoms with Crippen molar-refractivity contribution < 1.29 is 0 Å². The average molecular weight is 464 g/mol. The highest BCUT2D eigenvalue weighted by Gasteiger charge is 2.07. The van der Waals surface area contributed by atoms with Gasteiger partial charge in [-0.3, -0.25) is 9.39 Å². The van der Waals surface area contributed by atoms with Crippen molar-refractivity contribution in [2.75, 3.05) is 7.05 Å². The van der Waals surface area contributed by atoms with Gasteiger partial charge in [-0.2, -0.15) is 0 Å². The van der Waals surface area contributed by atoms with Crippen molar-refractivity contribution in [2.45, 2.75) is 33.9 Å². The van der Waals surface area contributed by atoms with Gasteiger partial charge in [0, 0.05) is 19.8 Å². The smallest absolute Gasteiger partial charge is 0.191 e. The van der Waals surface area contributed by atoms with Crippen LogP contribution >= 0.6 is 24.0 Å². The normalized spacial score (nSPS) is 11.3. The van der Waals surface area contributed by atoms with E-state index in [1.165, 1.54) is 22.3 Å². The number of fused-ring (bicyclic) bond motifs is 1. The summed E-state index contributed by atoms with van der Waals surface area (Å²) in [6, 6.07) is 10.3. The van der Waals surface area contributed by atoms with E-state index in [0.717, 1.165) is 24.0 Å². The number of halogens is 1. The molecule has 6 nitrogen and oxygen atoms in total. The van der Waals surface area contributed by atoms with Crippen molar-refractivity contribution in [3.8, 4) is 0 Å². The Kier molecular flexibility index (Phi) is 6.96. The van der Waals surface area contributed by atoms with Crippen LogP contribution in [0.3, 0.4) is 0 Å². The van der Waals surface area contributed by atoms with Crippen molar-refractivity contribution in [1.82, 2.24) is 25.2 Å². The molecule has 0 fully saturated rings. The highest BCUT2D eigenvalue weighted by molar-refractivity contribution is 14.0. The van der Waals surface area contributed by atoms with Crippen molar-refractivity contribution in [3.05, 3.63) is 64.6 Å². The minimum Gasteiger partial charge on any atom is -0.352 e. The molecule has 0 saturated heterocycles. The van der Waals surface area contributed by atoms with Crippen molar-refractivity contribution in [2.24, 2.45) is 4.99 Å². The molecular formula is C19H25IN6. The number of rotatable bonds is 4. The van der Waals surface area contributed by atoms with Crippen LogP contribution in [0, 0.1) is 20.8 Å². The molecule has 3 rings (SSSR count). The molecule has 1 aromatic carbocycles. The number of aliphatic imine (C=N–C) groups is 1. The molecule has 3 aromatic rings. The van der Waals surface area contributed by atoms with Crippen LogP contribution in [0.1, 0.15) is 28.1 Å². The van der Waals surface area contributed by atoms with Crippen LogP contribution in [0.25, 0.3) is 5.65 Å². The Morgan fingerprint density at radius 1 is 1.04 bits per heavy atom. The summed E-state index contributed by atoms with van der Waals surface area (Å²) in [5, 5.41) is 15.1. The molecule has 0 aliphatic carbocycles. The van der Waals surface area contributed by atoms with Gasteiger partial charge in [0.15, 0.2) is 17.4 Å². The molecule has 7 heteroatoms. The molecule has 26 heavy (non-hydrogen) atoms. The van der Waals surface area contributed by atoms with Gasteiger partial charge >= 0.3 is 0 Å². The first-order chi connectivity index (χ1) is 12.1. The summed E-state index contributed by atoms with van der Waals surface area (Å²) < 4.78 is 1.97. The van der Waals surface area contributed by atoms with E-state index in [1.54, 1.807) is 7.05 Å². The van der Waals surface area contributed by atoms with Crippen LogP contribution in [0.5, 0.6) is 0 Å².